The van der Waals surface area contributed by atoms with Gasteiger partial charge in [-0.05, 0) is 30.2 Å². The molecular weight excluding hydrogens is 322 g/mol. The molecule has 1 amide bonds. The molecule has 2 atom stereocenters. The van der Waals surface area contributed by atoms with Crippen LogP contribution in [0.4, 0.5) is 0 Å². The maximum absolute atomic E-state index is 12.9. The number of amides is 1. The minimum Gasteiger partial charge on any atom is -0.347 e. The molecule has 0 radical (unpaired) electrons. The Balaban J connectivity index is 1.86. The van der Waals surface area contributed by atoms with Crippen LogP contribution in [-0.4, -0.2) is 15.7 Å². The summed E-state index contributed by atoms with van der Waals surface area (Å²) in [5.74, 6) is -0.127. The summed E-state index contributed by atoms with van der Waals surface area (Å²) in [4.78, 5) is 12.9. The third kappa shape index (κ3) is 3.49. The van der Waals surface area contributed by atoms with E-state index in [0.717, 1.165) is 11.1 Å². The third-order valence-electron chi connectivity index (χ3n) is 3.88. The highest BCUT2D eigenvalue weighted by atomic mass is 35.5. The number of hydrogen-bond acceptors (Lipinski definition) is 2. The van der Waals surface area contributed by atoms with Gasteiger partial charge in [-0.15, -0.1) is 0 Å². The molecule has 0 fully saturated rings. The van der Waals surface area contributed by atoms with E-state index < -0.39 is 6.04 Å². The number of benzene rings is 2. The van der Waals surface area contributed by atoms with Crippen molar-refractivity contribution >= 4 is 17.5 Å². The summed E-state index contributed by atoms with van der Waals surface area (Å²) in [6, 6.07) is 18.2. The van der Waals surface area contributed by atoms with Crippen LogP contribution in [0.1, 0.15) is 30.1 Å². The Labute approximate surface area is 146 Å². The quantitative estimate of drug-likeness (QED) is 0.763. The van der Waals surface area contributed by atoms with Crippen molar-refractivity contribution in [2.24, 2.45) is 0 Å². The minimum absolute atomic E-state index is 0.127. The summed E-state index contributed by atoms with van der Waals surface area (Å²) in [6.45, 7) is 1.92. The van der Waals surface area contributed by atoms with E-state index in [1.807, 2.05) is 61.5 Å². The molecule has 1 N–H and O–H groups in total. The smallest absolute Gasteiger partial charge is 0.249 e. The molecule has 0 saturated heterocycles. The number of hydrogen-bond donors (Lipinski definition) is 1. The summed E-state index contributed by atoms with van der Waals surface area (Å²) in [7, 11) is 0. The number of rotatable bonds is 5. The van der Waals surface area contributed by atoms with Gasteiger partial charge in [0, 0.05) is 17.4 Å². The normalized spacial score (nSPS) is 13.2. The molecule has 1 aromatic heterocycles. The minimum atomic E-state index is -0.522. The molecule has 0 saturated carbocycles. The van der Waals surface area contributed by atoms with Gasteiger partial charge in [0.1, 0.15) is 0 Å². The number of nitrogens with one attached hydrogen (secondary N) is 1. The second kappa shape index (κ2) is 7.32. The van der Waals surface area contributed by atoms with Crippen LogP contribution in [0.15, 0.2) is 73.1 Å². The molecule has 0 spiro atoms. The van der Waals surface area contributed by atoms with E-state index in [2.05, 4.69) is 10.4 Å². The lowest BCUT2D eigenvalue weighted by molar-refractivity contribution is -0.124. The van der Waals surface area contributed by atoms with Crippen molar-refractivity contribution in [3.05, 3.63) is 89.2 Å². The lowest BCUT2D eigenvalue weighted by Gasteiger charge is -2.22. The molecule has 0 aliphatic heterocycles. The molecular formula is C19H18ClN3O. The fourth-order valence-electron chi connectivity index (χ4n) is 2.69. The zero-order valence-electron chi connectivity index (χ0n) is 13.3. The van der Waals surface area contributed by atoms with Crippen molar-refractivity contribution in [3.63, 3.8) is 0 Å². The van der Waals surface area contributed by atoms with Crippen LogP contribution >= 0.6 is 11.6 Å². The Morgan fingerprint density at radius 2 is 1.79 bits per heavy atom. The molecule has 5 heteroatoms. The van der Waals surface area contributed by atoms with Crippen LogP contribution in [0.2, 0.25) is 5.02 Å². The van der Waals surface area contributed by atoms with Crippen LogP contribution in [0.5, 0.6) is 0 Å². The molecule has 122 valence electrons. The molecule has 3 rings (SSSR count). The van der Waals surface area contributed by atoms with Gasteiger partial charge >= 0.3 is 0 Å². The summed E-state index contributed by atoms with van der Waals surface area (Å²) in [5, 5.41) is 7.92. The van der Waals surface area contributed by atoms with E-state index in [1.165, 1.54) is 0 Å². The molecule has 3 aromatic rings. The van der Waals surface area contributed by atoms with Gasteiger partial charge in [-0.2, -0.15) is 5.10 Å². The van der Waals surface area contributed by atoms with Crippen molar-refractivity contribution in [3.8, 4) is 0 Å². The van der Waals surface area contributed by atoms with Crippen molar-refractivity contribution in [1.29, 1.82) is 0 Å². The highest BCUT2D eigenvalue weighted by Gasteiger charge is 2.24. The number of carbonyl (C=O) groups excluding carboxylic acids is 1. The maximum atomic E-state index is 12.9. The topological polar surface area (TPSA) is 46.9 Å². The van der Waals surface area contributed by atoms with Crippen LogP contribution in [0.25, 0.3) is 0 Å². The first-order chi connectivity index (χ1) is 11.7. The highest BCUT2D eigenvalue weighted by Crippen LogP contribution is 2.24. The molecule has 24 heavy (non-hydrogen) atoms. The zero-order valence-corrected chi connectivity index (χ0v) is 14.0. The SMILES string of the molecule is C[C@@H](NC(=O)[C@@H](c1ccccc1)n1cccn1)c1ccccc1Cl. The number of nitrogens with zero attached hydrogens (tertiary/aromatic N) is 2. The first-order valence-electron chi connectivity index (χ1n) is 7.75. The molecule has 1 heterocycles. The maximum Gasteiger partial charge on any atom is 0.249 e. The standard InChI is InChI=1S/C19H18ClN3O/c1-14(16-10-5-6-11-17(16)20)22-19(24)18(23-13-7-12-21-23)15-8-3-2-4-9-15/h2-14,18H,1H3,(H,22,24)/t14-,18-/m1/s1. The largest absolute Gasteiger partial charge is 0.347 e. The van der Waals surface area contributed by atoms with Crippen LogP contribution in [0, 0.1) is 0 Å². The molecule has 0 bridgehead atoms. The number of carbonyl (C=O) groups is 1. The van der Waals surface area contributed by atoms with Gasteiger partial charge in [-0.3, -0.25) is 9.48 Å². The summed E-state index contributed by atoms with van der Waals surface area (Å²) in [5.41, 5.74) is 1.77. The Morgan fingerprint density at radius 1 is 1.08 bits per heavy atom. The van der Waals surface area contributed by atoms with Crippen LogP contribution in [0.3, 0.4) is 0 Å². The molecule has 0 aliphatic carbocycles. The van der Waals surface area contributed by atoms with Gasteiger partial charge < -0.3 is 5.32 Å². The van der Waals surface area contributed by atoms with E-state index in [-0.39, 0.29) is 11.9 Å². The second-order valence-corrected chi connectivity index (χ2v) is 5.96. The summed E-state index contributed by atoms with van der Waals surface area (Å²) < 4.78 is 1.66. The van der Waals surface area contributed by atoms with Gasteiger partial charge in [0.15, 0.2) is 6.04 Å². The molecule has 4 nitrogen and oxygen atoms in total. The van der Waals surface area contributed by atoms with Crippen molar-refractivity contribution in [2.45, 2.75) is 19.0 Å². The Bertz CT molecular complexity index is 802. The first kappa shape index (κ1) is 16.3. The van der Waals surface area contributed by atoms with Gasteiger partial charge in [-0.25, -0.2) is 0 Å². The lowest BCUT2D eigenvalue weighted by atomic mass is 10.0. The Kier molecular flexibility index (Phi) is 4.96. The molecule has 2 aromatic carbocycles. The van der Waals surface area contributed by atoms with E-state index in [0.29, 0.717) is 5.02 Å². The van der Waals surface area contributed by atoms with E-state index in [9.17, 15) is 4.79 Å². The molecule has 0 aliphatic rings. The average molecular weight is 340 g/mol. The number of halogens is 1. The van der Waals surface area contributed by atoms with Crippen molar-refractivity contribution < 1.29 is 4.79 Å². The van der Waals surface area contributed by atoms with Gasteiger partial charge in [0.05, 0.1) is 6.04 Å². The lowest BCUT2D eigenvalue weighted by Crippen LogP contribution is -2.35. The summed E-state index contributed by atoms with van der Waals surface area (Å²) >= 11 is 6.23. The monoisotopic (exact) mass is 339 g/mol. The molecule has 0 unspecified atom stereocenters. The van der Waals surface area contributed by atoms with Gasteiger partial charge in [-0.1, -0.05) is 60.1 Å². The predicted molar refractivity (Wildman–Crippen MR) is 94.8 cm³/mol. The zero-order chi connectivity index (χ0) is 16.9. The first-order valence-corrected chi connectivity index (χ1v) is 8.13. The Morgan fingerprint density at radius 3 is 2.46 bits per heavy atom. The van der Waals surface area contributed by atoms with Gasteiger partial charge in [0.2, 0.25) is 5.91 Å². The van der Waals surface area contributed by atoms with E-state index in [4.69, 9.17) is 11.6 Å². The fourth-order valence-corrected chi connectivity index (χ4v) is 2.99. The van der Waals surface area contributed by atoms with Gasteiger partial charge in [0.25, 0.3) is 0 Å². The average Bonchev–Trinajstić information content (AvgIpc) is 3.10. The second-order valence-electron chi connectivity index (χ2n) is 5.55. The van der Waals surface area contributed by atoms with E-state index >= 15 is 0 Å². The third-order valence-corrected chi connectivity index (χ3v) is 4.23. The van der Waals surface area contributed by atoms with Crippen LogP contribution < -0.4 is 5.32 Å². The van der Waals surface area contributed by atoms with Crippen LogP contribution in [-0.2, 0) is 4.79 Å². The van der Waals surface area contributed by atoms with E-state index in [1.54, 1.807) is 23.1 Å². The number of aromatic nitrogens is 2. The fraction of sp³-hybridized carbons (Fsp3) is 0.158. The Hall–Kier alpha value is -2.59. The predicted octanol–water partition coefficient (Wildman–Crippen LogP) is 4.00. The van der Waals surface area contributed by atoms with Crippen molar-refractivity contribution in [1.82, 2.24) is 15.1 Å². The summed E-state index contributed by atoms with van der Waals surface area (Å²) in [6.07, 6.45) is 3.46. The van der Waals surface area contributed by atoms with Crippen molar-refractivity contribution in [2.75, 3.05) is 0 Å². The highest BCUT2D eigenvalue weighted by molar-refractivity contribution is 6.31.